The van der Waals surface area contributed by atoms with Gasteiger partial charge in [-0.1, -0.05) is 39.0 Å². The molecule has 1 aromatic heterocycles. The first-order valence-electron chi connectivity index (χ1n) is 10.7. The van der Waals surface area contributed by atoms with Crippen molar-refractivity contribution in [2.45, 2.75) is 52.9 Å². The topological polar surface area (TPSA) is 76.6 Å². The lowest BCUT2D eigenvalue weighted by Gasteiger charge is -2.35. The quantitative estimate of drug-likeness (QED) is 0.724. The van der Waals surface area contributed by atoms with Crippen LogP contribution in [0.2, 0.25) is 0 Å². The fraction of sp³-hybridized carbons (Fsp3) is 0.500. The van der Waals surface area contributed by atoms with Crippen LogP contribution in [0.15, 0.2) is 24.3 Å². The van der Waals surface area contributed by atoms with Crippen LogP contribution in [0.5, 0.6) is 0 Å². The highest BCUT2D eigenvalue weighted by atomic mass is 16.5. The number of pyridine rings is 1. The SMILES string of the molecule is CC(C)(C)[C@@H]1CCc2nc3ccccc3c(C(=O)OCC(=O)N3CCCC3=O)c2C1. The van der Waals surface area contributed by atoms with Gasteiger partial charge >= 0.3 is 5.97 Å². The minimum Gasteiger partial charge on any atom is -0.452 e. The van der Waals surface area contributed by atoms with E-state index in [2.05, 4.69) is 20.8 Å². The number of amides is 2. The Morgan fingerprint density at radius 1 is 1.20 bits per heavy atom. The van der Waals surface area contributed by atoms with Crippen LogP contribution in [0.4, 0.5) is 0 Å². The van der Waals surface area contributed by atoms with Gasteiger partial charge in [-0.15, -0.1) is 0 Å². The molecule has 4 rings (SSSR count). The fourth-order valence-corrected chi connectivity index (χ4v) is 4.55. The largest absolute Gasteiger partial charge is 0.452 e. The summed E-state index contributed by atoms with van der Waals surface area (Å²) in [5, 5.41) is 0.750. The van der Waals surface area contributed by atoms with Crippen LogP contribution in [-0.2, 0) is 27.2 Å². The number of likely N-dealkylation sites (tertiary alicyclic amines) is 1. The van der Waals surface area contributed by atoms with E-state index in [-0.39, 0.29) is 11.3 Å². The predicted molar refractivity (Wildman–Crippen MR) is 113 cm³/mol. The molecule has 2 aromatic rings. The molecule has 1 fully saturated rings. The van der Waals surface area contributed by atoms with Crippen LogP contribution < -0.4 is 0 Å². The van der Waals surface area contributed by atoms with Crippen LogP contribution in [0.25, 0.3) is 10.9 Å². The normalized spacial score (nSPS) is 19.1. The summed E-state index contributed by atoms with van der Waals surface area (Å²) in [5.74, 6) is -0.732. The summed E-state index contributed by atoms with van der Waals surface area (Å²) in [6.07, 6.45) is 3.65. The van der Waals surface area contributed by atoms with E-state index in [4.69, 9.17) is 9.72 Å². The van der Waals surface area contributed by atoms with Gasteiger partial charge in [0.2, 0.25) is 5.91 Å². The molecule has 2 heterocycles. The molecule has 6 heteroatoms. The van der Waals surface area contributed by atoms with Gasteiger partial charge in [-0.25, -0.2) is 4.79 Å². The molecule has 0 spiro atoms. The van der Waals surface area contributed by atoms with Gasteiger partial charge in [0.1, 0.15) is 0 Å². The second kappa shape index (κ2) is 7.82. The zero-order chi connectivity index (χ0) is 21.5. The monoisotopic (exact) mass is 408 g/mol. The molecule has 0 bridgehead atoms. The summed E-state index contributed by atoms with van der Waals surface area (Å²) < 4.78 is 5.44. The molecule has 30 heavy (non-hydrogen) atoms. The summed E-state index contributed by atoms with van der Waals surface area (Å²) in [5.41, 5.74) is 3.29. The Bertz CT molecular complexity index is 1020. The Hall–Kier alpha value is -2.76. The fourth-order valence-electron chi connectivity index (χ4n) is 4.55. The lowest BCUT2D eigenvalue weighted by Crippen LogP contribution is -2.35. The van der Waals surface area contributed by atoms with Gasteiger partial charge in [-0.3, -0.25) is 19.5 Å². The number of ether oxygens (including phenoxy) is 1. The van der Waals surface area contributed by atoms with Crippen molar-refractivity contribution in [3.63, 3.8) is 0 Å². The lowest BCUT2D eigenvalue weighted by molar-refractivity contribution is -0.143. The summed E-state index contributed by atoms with van der Waals surface area (Å²) in [7, 11) is 0. The highest BCUT2D eigenvalue weighted by Gasteiger charge is 2.33. The van der Waals surface area contributed by atoms with Crippen molar-refractivity contribution >= 4 is 28.7 Å². The van der Waals surface area contributed by atoms with E-state index >= 15 is 0 Å². The van der Waals surface area contributed by atoms with E-state index in [1.165, 1.54) is 4.90 Å². The van der Waals surface area contributed by atoms with Gasteiger partial charge in [0.15, 0.2) is 6.61 Å². The second-order valence-corrected chi connectivity index (χ2v) is 9.35. The van der Waals surface area contributed by atoms with Crippen molar-refractivity contribution in [3.8, 4) is 0 Å². The molecule has 158 valence electrons. The van der Waals surface area contributed by atoms with Crippen molar-refractivity contribution in [2.24, 2.45) is 11.3 Å². The zero-order valence-electron chi connectivity index (χ0n) is 17.9. The maximum absolute atomic E-state index is 13.2. The van der Waals surface area contributed by atoms with Gasteiger partial charge in [-0.2, -0.15) is 0 Å². The van der Waals surface area contributed by atoms with E-state index in [1.807, 2.05) is 24.3 Å². The molecular formula is C24H28N2O4. The number of imide groups is 1. The van der Waals surface area contributed by atoms with Crippen LogP contribution in [0.3, 0.4) is 0 Å². The number of fused-ring (bicyclic) bond motifs is 2. The minimum absolute atomic E-state index is 0.122. The zero-order valence-corrected chi connectivity index (χ0v) is 17.9. The molecule has 0 unspecified atom stereocenters. The Balaban J connectivity index is 1.66. The van der Waals surface area contributed by atoms with E-state index in [0.29, 0.717) is 30.9 Å². The van der Waals surface area contributed by atoms with Crippen LogP contribution in [-0.4, -0.2) is 40.8 Å². The van der Waals surface area contributed by atoms with Crippen molar-refractivity contribution in [1.82, 2.24) is 9.88 Å². The highest BCUT2D eigenvalue weighted by Crippen LogP contribution is 2.39. The minimum atomic E-state index is -0.514. The number of esters is 1. The number of para-hydroxylation sites is 1. The summed E-state index contributed by atoms with van der Waals surface area (Å²) in [6, 6.07) is 7.56. The molecule has 0 saturated carbocycles. The van der Waals surface area contributed by atoms with E-state index in [1.54, 1.807) is 0 Å². The van der Waals surface area contributed by atoms with E-state index < -0.39 is 18.5 Å². The Labute approximate surface area is 176 Å². The number of hydrogen-bond acceptors (Lipinski definition) is 5. The summed E-state index contributed by atoms with van der Waals surface area (Å²) in [4.78, 5) is 43.3. The smallest absolute Gasteiger partial charge is 0.339 e. The number of benzene rings is 1. The highest BCUT2D eigenvalue weighted by molar-refractivity contribution is 6.06. The molecule has 1 aromatic carbocycles. The first-order chi connectivity index (χ1) is 14.3. The third-order valence-electron chi connectivity index (χ3n) is 6.39. The second-order valence-electron chi connectivity index (χ2n) is 9.35. The first kappa shape index (κ1) is 20.5. The number of rotatable bonds is 3. The molecule has 0 N–H and O–H groups in total. The lowest BCUT2D eigenvalue weighted by atomic mass is 9.70. The number of aromatic nitrogens is 1. The Kier molecular flexibility index (Phi) is 5.35. The van der Waals surface area contributed by atoms with E-state index in [9.17, 15) is 14.4 Å². The Morgan fingerprint density at radius 3 is 2.67 bits per heavy atom. The molecule has 1 aliphatic heterocycles. The molecule has 6 nitrogen and oxygen atoms in total. The van der Waals surface area contributed by atoms with Crippen LogP contribution in [0, 0.1) is 11.3 Å². The third-order valence-corrected chi connectivity index (χ3v) is 6.39. The number of aryl methyl sites for hydroxylation is 1. The summed E-state index contributed by atoms with van der Waals surface area (Å²) in [6.45, 7) is 6.65. The number of nitrogens with zero attached hydrogens (tertiary/aromatic N) is 2. The van der Waals surface area contributed by atoms with Crippen LogP contribution in [0.1, 0.15) is 61.6 Å². The average Bonchev–Trinajstić information content (AvgIpc) is 3.14. The van der Waals surface area contributed by atoms with Crippen molar-refractivity contribution in [1.29, 1.82) is 0 Å². The van der Waals surface area contributed by atoms with Gasteiger partial charge < -0.3 is 4.74 Å². The average molecular weight is 408 g/mol. The number of carbonyl (C=O) groups is 3. The van der Waals surface area contributed by atoms with Gasteiger partial charge in [0.25, 0.3) is 5.91 Å². The molecule has 2 aliphatic rings. The Morgan fingerprint density at radius 2 is 1.97 bits per heavy atom. The number of hydrogen-bond donors (Lipinski definition) is 0. The van der Waals surface area contributed by atoms with Crippen molar-refractivity contribution < 1.29 is 19.1 Å². The molecule has 1 atom stereocenters. The van der Waals surface area contributed by atoms with Crippen molar-refractivity contribution in [3.05, 3.63) is 41.1 Å². The number of carbonyl (C=O) groups excluding carboxylic acids is 3. The molecule has 0 radical (unpaired) electrons. The van der Waals surface area contributed by atoms with Gasteiger partial charge in [0.05, 0.1) is 11.1 Å². The van der Waals surface area contributed by atoms with Crippen molar-refractivity contribution in [2.75, 3.05) is 13.2 Å². The molecule has 2 amide bonds. The summed E-state index contributed by atoms with van der Waals surface area (Å²) >= 11 is 0. The molecule has 1 saturated heterocycles. The van der Waals surface area contributed by atoms with Gasteiger partial charge in [-0.05, 0) is 48.6 Å². The van der Waals surface area contributed by atoms with E-state index in [0.717, 1.165) is 41.4 Å². The van der Waals surface area contributed by atoms with Gasteiger partial charge in [0, 0.05) is 24.0 Å². The standard InChI is InChI=1S/C24H28N2O4/c1-24(2,3)15-10-11-19-17(13-15)22(16-7-4-5-8-18(16)25-19)23(29)30-14-21(28)26-12-6-9-20(26)27/h4-5,7-8,15H,6,9-14H2,1-3H3/t15-/m1/s1. The third kappa shape index (κ3) is 3.83. The molecule has 1 aliphatic carbocycles. The maximum atomic E-state index is 13.2. The first-order valence-corrected chi connectivity index (χ1v) is 10.7. The predicted octanol–water partition coefficient (Wildman–Crippen LogP) is 3.69. The maximum Gasteiger partial charge on any atom is 0.339 e. The molecular weight excluding hydrogens is 380 g/mol. The van der Waals surface area contributed by atoms with Crippen LogP contribution >= 0.6 is 0 Å².